The molecule has 0 saturated heterocycles. The summed E-state index contributed by atoms with van der Waals surface area (Å²) >= 11 is 0. The van der Waals surface area contributed by atoms with E-state index in [0.29, 0.717) is 0 Å². The standard InChI is InChI=1S/C14H22N2O/c1-2-13(10-17)15-7-5-11-3-4-14-12(9-11)6-8-16-14/h3-4,9,13,15-17H,2,5-8,10H2,1H3. The fourth-order valence-corrected chi connectivity index (χ4v) is 2.27. The van der Waals surface area contributed by atoms with Crippen molar-refractivity contribution in [2.75, 3.05) is 25.0 Å². The average molecular weight is 234 g/mol. The highest BCUT2D eigenvalue weighted by Gasteiger charge is 2.10. The van der Waals surface area contributed by atoms with Crippen molar-refractivity contribution in [2.45, 2.75) is 32.2 Å². The third-order valence-corrected chi connectivity index (χ3v) is 3.44. The molecule has 0 radical (unpaired) electrons. The molecule has 3 nitrogen and oxygen atoms in total. The lowest BCUT2D eigenvalue weighted by molar-refractivity contribution is 0.240. The summed E-state index contributed by atoms with van der Waals surface area (Å²) in [5, 5.41) is 15.8. The van der Waals surface area contributed by atoms with Crippen molar-refractivity contribution in [1.29, 1.82) is 0 Å². The topological polar surface area (TPSA) is 44.3 Å². The summed E-state index contributed by atoms with van der Waals surface area (Å²) in [4.78, 5) is 0. The molecule has 1 atom stereocenters. The van der Waals surface area contributed by atoms with E-state index >= 15 is 0 Å². The first-order chi connectivity index (χ1) is 8.33. The zero-order valence-corrected chi connectivity index (χ0v) is 10.5. The lowest BCUT2D eigenvalue weighted by atomic mass is 10.1. The predicted molar refractivity (Wildman–Crippen MR) is 71.5 cm³/mol. The SMILES string of the molecule is CCC(CO)NCCc1ccc2c(c1)CCN2. The smallest absolute Gasteiger partial charge is 0.0584 e. The molecule has 17 heavy (non-hydrogen) atoms. The molecule has 0 aliphatic carbocycles. The minimum atomic E-state index is 0.227. The second kappa shape index (κ2) is 6.03. The van der Waals surface area contributed by atoms with Crippen molar-refractivity contribution in [3.8, 4) is 0 Å². The number of fused-ring (bicyclic) bond motifs is 1. The molecule has 0 saturated carbocycles. The number of nitrogens with one attached hydrogen (secondary N) is 2. The van der Waals surface area contributed by atoms with Crippen LogP contribution in [-0.2, 0) is 12.8 Å². The first kappa shape index (κ1) is 12.4. The molecule has 0 bridgehead atoms. The lowest BCUT2D eigenvalue weighted by Gasteiger charge is -2.13. The summed E-state index contributed by atoms with van der Waals surface area (Å²) < 4.78 is 0. The van der Waals surface area contributed by atoms with Crippen LogP contribution >= 0.6 is 0 Å². The van der Waals surface area contributed by atoms with Crippen LogP contribution in [0.25, 0.3) is 0 Å². The van der Waals surface area contributed by atoms with Gasteiger partial charge in [0, 0.05) is 18.3 Å². The van der Waals surface area contributed by atoms with E-state index < -0.39 is 0 Å². The van der Waals surface area contributed by atoms with Gasteiger partial charge in [-0.05, 0) is 43.0 Å². The van der Waals surface area contributed by atoms with Crippen LogP contribution < -0.4 is 10.6 Å². The van der Waals surface area contributed by atoms with E-state index in [-0.39, 0.29) is 12.6 Å². The highest BCUT2D eigenvalue weighted by atomic mass is 16.3. The highest BCUT2D eigenvalue weighted by molar-refractivity contribution is 5.56. The van der Waals surface area contributed by atoms with Crippen LogP contribution in [0.4, 0.5) is 5.69 Å². The molecular formula is C14H22N2O. The van der Waals surface area contributed by atoms with Gasteiger partial charge in [0.2, 0.25) is 0 Å². The van der Waals surface area contributed by atoms with E-state index in [1.165, 1.54) is 16.8 Å². The summed E-state index contributed by atoms with van der Waals surface area (Å²) in [6.45, 7) is 4.32. The van der Waals surface area contributed by atoms with Gasteiger partial charge in [-0.1, -0.05) is 19.1 Å². The Morgan fingerprint density at radius 3 is 3.12 bits per heavy atom. The van der Waals surface area contributed by atoms with Crippen LogP contribution in [0, 0.1) is 0 Å². The molecule has 3 N–H and O–H groups in total. The summed E-state index contributed by atoms with van der Waals surface area (Å²) in [6.07, 6.45) is 3.15. The van der Waals surface area contributed by atoms with Crippen LogP contribution in [0.5, 0.6) is 0 Å². The van der Waals surface area contributed by atoms with Crippen LogP contribution in [0.1, 0.15) is 24.5 Å². The Bertz CT molecular complexity index is 361. The van der Waals surface area contributed by atoms with Crippen molar-refractivity contribution in [3.05, 3.63) is 29.3 Å². The van der Waals surface area contributed by atoms with Gasteiger partial charge in [0.15, 0.2) is 0 Å². The number of hydrogen-bond acceptors (Lipinski definition) is 3. The molecule has 0 aromatic heterocycles. The number of hydrogen-bond donors (Lipinski definition) is 3. The van der Waals surface area contributed by atoms with Crippen molar-refractivity contribution < 1.29 is 5.11 Å². The average Bonchev–Trinajstić information content (AvgIpc) is 2.82. The van der Waals surface area contributed by atoms with Gasteiger partial charge in [-0.15, -0.1) is 0 Å². The molecule has 3 heteroatoms. The van der Waals surface area contributed by atoms with Gasteiger partial charge in [-0.2, -0.15) is 0 Å². The number of aliphatic hydroxyl groups is 1. The Hall–Kier alpha value is -1.06. The zero-order chi connectivity index (χ0) is 12.1. The maximum Gasteiger partial charge on any atom is 0.0584 e. The third kappa shape index (κ3) is 3.20. The third-order valence-electron chi connectivity index (χ3n) is 3.44. The maximum atomic E-state index is 9.08. The van der Waals surface area contributed by atoms with Crippen molar-refractivity contribution in [1.82, 2.24) is 5.32 Å². The summed E-state index contributed by atoms with van der Waals surface area (Å²) in [5.74, 6) is 0. The van der Waals surface area contributed by atoms with Gasteiger partial charge in [-0.25, -0.2) is 0 Å². The van der Waals surface area contributed by atoms with Gasteiger partial charge in [0.1, 0.15) is 0 Å². The summed E-state index contributed by atoms with van der Waals surface area (Å²) in [5.41, 5.74) is 4.12. The van der Waals surface area contributed by atoms with Gasteiger partial charge in [-0.3, -0.25) is 0 Å². The van der Waals surface area contributed by atoms with Crippen LogP contribution in [0.3, 0.4) is 0 Å². The van der Waals surface area contributed by atoms with Crippen LogP contribution in [-0.4, -0.2) is 30.8 Å². The van der Waals surface area contributed by atoms with Crippen molar-refractivity contribution in [2.24, 2.45) is 0 Å². The first-order valence-corrected chi connectivity index (χ1v) is 6.53. The Balaban J connectivity index is 1.83. The highest BCUT2D eigenvalue weighted by Crippen LogP contribution is 2.22. The molecule has 1 unspecified atom stereocenters. The molecule has 1 aliphatic heterocycles. The van der Waals surface area contributed by atoms with E-state index in [1.54, 1.807) is 0 Å². The Morgan fingerprint density at radius 2 is 2.35 bits per heavy atom. The summed E-state index contributed by atoms with van der Waals surface area (Å²) in [7, 11) is 0. The molecule has 2 rings (SSSR count). The van der Waals surface area contributed by atoms with E-state index in [1.807, 2.05) is 0 Å². The number of anilines is 1. The fourth-order valence-electron chi connectivity index (χ4n) is 2.27. The normalized spacial score (nSPS) is 15.4. The van der Waals surface area contributed by atoms with Gasteiger partial charge in [0.05, 0.1) is 6.61 Å². The number of benzene rings is 1. The molecular weight excluding hydrogens is 212 g/mol. The number of aliphatic hydroxyl groups excluding tert-OH is 1. The lowest BCUT2D eigenvalue weighted by Crippen LogP contribution is -2.33. The van der Waals surface area contributed by atoms with Gasteiger partial charge >= 0.3 is 0 Å². The Kier molecular flexibility index (Phi) is 4.40. The largest absolute Gasteiger partial charge is 0.395 e. The quantitative estimate of drug-likeness (QED) is 0.700. The molecule has 94 valence electrons. The second-order valence-corrected chi connectivity index (χ2v) is 4.66. The zero-order valence-electron chi connectivity index (χ0n) is 10.5. The second-order valence-electron chi connectivity index (χ2n) is 4.66. The molecule has 0 amide bonds. The maximum absolute atomic E-state index is 9.08. The predicted octanol–water partition coefficient (Wildman–Crippen LogP) is 1.56. The Morgan fingerprint density at radius 1 is 1.47 bits per heavy atom. The van der Waals surface area contributed by atoms with E-state index in [2.05, 4.69) is 35.8 Å². The molecule has 1 heterocycles. The first-order valence-electron chi connectivity index (χ1n) is 6.53. The monoisotopic (exact) mass is 234 g/mol. The summed E-state index contributed by atoms with van der Waals surface area (Å²) in [6, 6.07) is 6.92. The van der Waals surface area contributed by atoms with E-state index in [0.717, 1.165) is 32.4 Å². The van der Waals surface area contributed by atoms with Gasteiger partial charge in [0.25, 0.3) is 0 Å². The van der Waals surface area contributed by atoms with Crippen LogP contribution in [0.2, 0.25) is 0 Å². The van der Waals surface area contributed by atoms with Gasteiger partial charge < -0.3 is 15.7 Å². The van der Waals surface area contributed by atoms with Crippen LogP contribution in [0.15, 0.2) is 18.2 Å². The van der Waals surface area contributed by atoms with Crippen molar-refractivity contribution >= 4 is 5.69 Å². The van der Waals surface area contributed by atoms with E-state index in [9.17, 15) is 0 Å². The molecule has 1 aromatic rings. The molecule has 0 fully saturated rings. The Labute approximate surface area is 103 Å². The fraction of sp³-hybridized carbons (Fsp3) is 0.571. The number of rotatable bonds is 6. The minimum Gasteiger partial charge on any atom is -0.395 e. The van der Waals surface area contributed by atoms with Crippen molar-refractivity contribution in [3.63, 3.8) is 0 Å². The minimum absolute atomic E-state index is 0.227. The molecule has 0 spiro atoms. The molecule has 1 aromatic carbocycles. The van der Waals surface area contributed by atoms with E-state index in [4.69, 9.17) is 5.11 Å². The molecule has 1 aliphatic rings.